The quantitative estimate of drug-likeness (QED) is 0.151. The van der Waals surface area contributed by atoms with E-state index in [0.29, 0.717) is 16.9 Å². The van der Waals surface area contributed by atoms with Crippen LogP contribution in [0.2, 0.25) is 0 Å². The number of hydrogen-bond donors (Lipinski definition) is 2. The van der Waals surface area contributed by atoms with Crippen LogP contribution < -0.4 is 25.8 Å². The lowest BCUT2D eigenvalue weighted by atomic mass is 9.91. The molecule has 1 aliphatic carbocycles. The number of halogens is 5. The van der Waals surface area contributed by atoms with E-state index in [1.165, 1.54) is 6.20 Å². The zero-order chi connectivity index (χ0) is 39.0. The maximum absolute atomic E-state index is 17.5. The lowest BCUT2D eigenvalue weighted by molar-refractivity contribution is -0.138. The van der Waals surface area contributed by atoms with Crippen molar-refractivity contribution in [2.75, 3.05) is 55.8 Å². The summed E-state index contributed by atoms with van der Waals surface area (Å²) >= 11 is 0.688. The fourth-order valence-electron chi connectivity index (χ4n) is 8.02. The monoisotopic (exact) mass is 780 g/mol. The van der Waals surface area contributed by atoms with Crippen LogP contribution in [0.5, 0.6) is 11.8 Å². The second-order valence-electron chi connectivity index (χ2n) is 14.6. The number of nitrogens with zero attached hydrogens (tertiary/aromatic N) is 6. The van der Waals surface area contributed by atoms with Crippen molar-refractivity contribution in [3.05, 3.63) is 58.8 Å². The molecule has 2 aromatic carbocycles. The minimum absolute atomic E-state index is 0.0156. The number of benzene rings is 2. The molecule has 288 valence electrons. The molecule has 3 aliphatic rings. The summed E-state index contributed by atoms with van der Waals surface area (Å²) in [6, 6.07) is 6.35. The summed E-state index contributed by atoms with van der Waals surface area (Å²) in [6.07, 6.45) is -1.82. The molecule has 5 aromatic rings. The topological polar surface area (TPSA) is 149 Å². The molecule has 3 aromatic heterocycles. The van der Waals surface area contributed by atoms with Gasteiger partial charge in [-0.05, 0) is 51.3 Å². The van der Waals surface area contributed by atoms with Crippen molar-refractivity contribution in [3.63, 3.8) is 0 Å². The molecular formula is C38H37F5N8O3S. The Morgan fingerprint density at radius 3 is 2.53 bits per heavy atom. The highest BCUT2D eigenvalue weighted by Crippen LogP contribution is 2.54. The van der Waals surface area contributed by atoms with Crippen molar-refractivity contribution in [1.82, 2.24) is 19.9 Å². The van der Waals surface area contributed by atoms with E-state index in [1.807, 2.05) is 19.9 Å². The molecule has 1 saturated heterocycles. The molecule has 0 amide bonds. The number of anilines is 3. The van der Waals surface area contributed by atoms with E-state index in [1.54, 1.807) is 24.0 Å². The van der Waals surface area contributed by atoms with E-state index < -0.39 is 51.8 Å². The number of morpholine rings is 1. The van der Waals surface area contributed by atoms with Crippen LogP contribution in [0.15, 0.2) is 30.5 Å². The number of nitrogen functional groups attached to an aromatic ring is 2. The SMILES string of the molecule is C[C@@H]1CN(CC2(COc3nc4c5c(c(C(F)(F)F)c(-c6ccc(F)c7sc(N)c(C#N)c67)c(F)c5n3)OCCN4[C@H](C)c3cccnc3N)CC2)C[C@H](C)O1. The maximum atomic E-state index is 17.5. The highest BCUT2D eigenvalue weighted by Gasteiger charge is 2.47. The average molecular weight is 781 g/mol. The number of hydrogen-bond acceptors (Lipinski definition) is 12. The van der Waals surface area contributed by atoms with Crippen molar-refractivity contribution >= 4 is 49.0 Å². The van der Waals surface area contributed by atoms with Crippen LogP contribution in [0.3, 0.4) is 0 Å². The largest absolute Gasteiger partial charge is 0.490 e. The van der Waals surface area contributed by atoms with Gasteiger partial charge in [-0.1, -0.05) is 12.1 Å². The van der Waals surface area contributed by atoms with Gasteiger partial charge in [0.1, 0.15) is 52.0 Å². The Bertz CT molecular complexity index is 2370. The van der Waals surface area contributed by atoms with Crippen molar-refractivity contribution in [3.8, 4) is 29.0 Å². The van der Waals surface area contributed by atoms with Crippen molar-refractivity contribution in [1.29, 1.82) is 5.26 Å². The fraction of sp³-hybridized carbons (Fsp3) is 0.421. The predicted molar refractivity (Wildman–Crippen MR) is 198 cm³/mol. The lowest BCUT2D eigenvalue weighted by Crippen LogP contribution is -2.48. The van der Waals surface area contributed by atoms with Crippen LogP contribution in [0.4, 0.5) is 38.6 Å². The van der Waals surface area contributed by atoms with Crippen LogP contribution in [0.1, 0.15) is 56.3 Å². The molecule has 2 aliphatic heterocycles. The number of pyridine rings is 1. The summed E-state index contributed by atoms with van der Waals surface area (Å²) in [6.45, 7) is 8.00. The molecule has 0 radical (unpaired) electrons. The van der Waals surface area contributed by atoms with E-state index in [0.717, 1.165) is 44.6 Å². The molecule has 0 bridgehead atoms. The van der Waals surface area contributed by atoms with Crippen LogP contribution in [-0.2, 0) is 10.9 Å². The highest BCUT2D eigenvalue weighted by molar-refractivity contribution is 7.23. The van der Waals surface area contributed by atoms with Gasteiger partial charge in [0, 0.05) is 47.8 Å². The van der Waals surface area contributed by atoms with E-state index in [4.69, 9.17) is 25.7 Å². The van der Waals surface area contributed by atoms with Gasteiger partial charge in [-0.15, -0.1) is 11.3 Å². The van der Waals surface area contributed by atoms with Gasteiger partial charge < -0.3 is 30.6 Å². The van der Waals surface area contributed by atoms with Gasteiger partial charge in [0.05, 0.1) is 47.1 Å². The minimum atomic E-state index is -5.21. The zero-order valence-corrected chi connectivity index (χ0v) is 31.0. The second kappa shape index (κ2) is 13.6. The Hall–Kier alpha value is -5.05. The summed E-state index contributed by atoms with van der Waals surface area (Å²) in [5.74, 6) is -2.76. The van der Waals surface area contributed by atoms with Gasteiger partial charge in [-0.25, -0.2) is 13.8 Å². The summed E-state index contributed by atoms with van der Waals surface area (Å²) in [5.41, 5.74) is 9.03. The van der Waals surface area contributed by atoms with Gasteiger partial charge in [-0.2, -0.15) is 28.4 Å². The zero-order valence-electron chi connectivity index (χ0n) is 30.1. The van der Waals surface area contributed by atoms with Crippen LogP contribution in [-0.4, -0.2) is 71.5 Å². The van der Waals surface area contributed by atoms with Crippen LogP contribution in [0, 0.1) is 28.4 Å². The summed E-state index contributed by atoms with van der Waals surface area (Å²) < 4.78 is 96.9. The molecule has 8 rings (SSSR count). The number of rotatable bonds is 8. The molecular weight excluding hydrogens is 744 g/mol. The molecule has 0 unspecified atom stereocenters. The number of thiophene rings is 1. The van der Waals surface area contributed by atoms with Gasteiger partial charge in [0.2, 0.25) is 0 Å². The Labute approximate surface area is 316 Å². The first-order valence-electron chi connectivity index (χ1n) is 17.9. The molecule has 0 spiro atoms. The number of fused-ring (bicyclic) bond motifs is 1. The molecule has 1 saturated carbocycles. The summed E-state index contributed by atoms with van der Waals surface area (Å²) in [4.78, 5) is 17.3. The van der Waals surface area contributed by atoms with E-state index in [-0.39, 0.29) is 81.1 Å². The van der Waals surface area contributed by atoms with Gasteiger partial charge in [0.15, 0.2) is 5.82 Å². The summed E-state index contributed by atoms with van der Waals surface area (Å²) in [7, 11) is 0. The Balaban J connectivity index is 1.34. The molecule has 4 N–H and O–H groups in total. The minimum Gasteiger partial charge on any atom is -0.490 e. The third kappa shape index (κ3) is 6.49. The molecule has 3 atom stereocenters. The number of nitriles is 1. The lowest BCUT2D eigenvalue weighted by Gasteiger charge is -2.37. The standard InChI is InChI=1S/C38H37F5N8O3S/c1-18-14-50(15-19(2)54-18)16-37(8-9-37)17-53-36-48-30-27-31(52-12-11-51(35(27)49-36)20(3)21-5-4-10-47-33(21)45)28(38(41,42)43)26(29(30)40)22-6-7-24(39)32-25(22)23(13-44)34(46)55-32/h4-7,10,18-20H,8-9,11-12,14-17,46H2,1-3H3,(H2,45,47)/t18-,19+,20-/m1/s1. The predicted octanol–water partition coefficient (Wildman–Crippen LogP) is 7.47. The molecule has 55 heavy (non-hydrogen) atoms. The Morgan fingerprint density at radius 2 is 1.85 bits per heavy atom. The van der Waals surface area contributed by atoms with Crippen molar-refractivity contribution < 1.29 is 36.2 Å². The maximum Gasteiger partial charge on any atom is 0.420 e. The third-order valence-electron chi connectivity index (χ3n) is 10.6. The number of ether oxygens (including phenoxy) is 3. The molecule has 17 heteroatoms. The molecule has 2 fully saturated rings. The normalized spacial score (nSPS) is 20.2. The Kier molecular flexibility index (Phi) is 9.13. The van der Waals surface area contributed by atoms with Crippen LogP contribution >= 0.6 is 11.3 Å². The van der Waals surface area contributed by atoms with Gasteiger partial charge in [-0.3, -0.25) is 4.90 Å². The smallest absolute Gasteiger partial charge is 0.420 e. The average Bonchev–Trinajstić information content (AvgIpc) is 3.84. The van der Waals surface area contributed by atoms with Crippen molar-refractivity contribution in [2.24, 2.45) is 5.41 Å². The Morgan fingerprint density at radius 1 is 1.11 bits per heavy atom. The second-order valence-corrected chi connectivity index (χ2v) is 15.7. The number of nitrogens with two attached hydrogens (primary N) is 2. The molecule has 5 heterocycles. The van der Waals surface area contributed by atoms with Gasteiger partial charge in [0.25, 0.3) is 0 Å². The highest BCUT2D eigenvalue weighted by atomic mass is 32.1. The first kappa shape index (κ1) is 36.9. The fourth-order valence-corrected chi connectivity index (χ4v) is 8.97. The van der Waals surface area contributed by atoms with Crippen LogP contribution in [0.25, 0.3) is 32.1 Å². The van der Waals surface area contributed by atoms with Gasteiger partial charge >= 0.3 is 12.2 Å². The molecule has 11 nitrogen and oxygen atoms in total. The summed E-state index contributed by atoms with van der Waals surface area (Å²) in [5, 5.41) is 9.27. The van der Waals surface area contributed by atoms with Crippen molar-refractivity contribution in [2.45, 2.75) is 58.0 Å². The number of aromatic nitrogens is 3. The third-order valence-corrected chi connectivity index (χ3v) is 11.7. The first-order chi connectivity index (χ1) is 26.2. The van der Waals surface area contributed by atoms with E-state index in [9.17, 15) is 5.26 Å². The first-order valence-corrected chi connectivity index (χ1v) is 18.7. The number of alkyl halides is 3. The van der Waals surface area contributed by atoms with E-state index >= 15 is 22.0 Å². The van der Waals surface area contributed by atoms with E-state index in [2.05, 4.69) is 19.9 Å².